The second-order valence-corrected chi connectivity index (χ2v) is 25.9. The Hall–Kier alpha value is -1.18. The van der Waals surface area contributed by atoms with Crippen LogP contribution in [0, 0.1) is 51.2 Å². The van der Waals surface area contributed by atoms with Crippen LogP contribution in [0.5, 0.6) is 0 Å². The fourth-order valence-electron chi connectivity index (χ4n) is 16.1. The van der Waals surface area contributed by atoms with Gasteiger partial charge in [0.25, 0.3) is 0 Å². The van der Waals surface area contributed by atoms with Gasteiger partial charge in [0, 0.05) is 16.7 Å². The monoisotopic (exact) mass is 1110 g/mol. The van der Waals surface area contributed by atoms with E-state index >= 15 is 0 Å². The van der Waals surface area contributed by atoms with Gasteiger partial charge in [0.05, 0.1) is 68.7 Å². The third kappa shape index (κ3) is 10.6. The molecule has 8 aliphatic rings. The van der Waals surface area contributed by atoms with E-state index in [1.165, 1.54) is 0 Å². The van der Waals surface area contributed by atoms with Gasteiger partial charge in [-0.3, -0.25) is 0 Å². The Labute approximate surface area is 450 Å². The first-order valence-electron chi connectivity index (χ1n) is 27.9. The Balaban J connectivity index is 0.953. The maximum Gasteiger partial charge on any atom is 0.187 e. The second kappa shape index (κ2) is 23.1. The topological polar surface area (TPSA) is 388 Å². The molecule has 4 aliphatic heterocycles. The van der Waals surface area contributed by atoms with Gasteiger partial charge in [0.2, 0.25) is 0 Å². The molecule has 8 rings (SSSR count). The van der Waals surface area contributed by atoms with Crippen molar-refractivity contribution in [2.24, 2.45) is 51.2 Å². The SMILES string of the molecule is C[C@H](CC[C@@H](O[C@@H]1O[C@H](CO)[C@@H](O)[C@H](O)[C@H]1O[C@@H]1O[C@H](CO)[C@@H](O)[C@H](O)[C@H]1O)C(C)(C)O)C1CC[C@@]2(C)C3CC=C4C(CC[C@H](O[C@@H]5O[C@H](CO)[C@@H](C6O[C@H](CO)[C@@H](O)[C@H](O)[C@H]6O)[C@H](O)[C@H]5O)C4(C)C)[C@]3(C)[C@H](O)C[C@]12C. The first-order valence-corrected chi connectivity index (χ1v) is 27.9. The van der Waals surface area contributed by atoms with E-state index < -0.39 is 184 Å². The molecule has 4 saturated heterocycles. The van der Waals surface area contributed by atoms with Crippen LogP contribution in [0.15, 0.2) is 11.6 Å². The Bertz CT molecular complexity index is 2000. The fourth-order valence-corrected chi connectivity index (χ4v) is 16.1. The second-order valence-electron chi connectivity index (χ2n) is 25.9. The van der Waals surface area contributed by atoms with Gasteiger partial charge in [-0.25, -0.2) is 0 Å². The molecule has 4 unspecified atom stereocenters. The highest BCUT2D eigenvalue weighted by Crippen LogP contribution is 2.75. The third-order valence-corrected chi connectivity index (χ3v) is 21.1. The standard InChI is InChI=1S/C54H92O23/c1-22(9-13-33(51(4,5)70)76-49-46(41(66)37(62)29(21-58)74-49)77-48-44(69)40(65)36(61)28(20-57)73-48)23-15-16-52(6)30-12-10-24-25(54(30,8)31(59)17-53(23,52)7)11-14-32(50(24,2)3)75-47-43(68)38(63)34(26(18-55)72-47)45-42(67)39(64)35(60)27(19-56)71-45/h10,22-23,25-49,55-70H,9,11-21H2,1-8H3/t22-,23?,25?,26-,27-,28-,29-,30?,31-,32+,33-,34-,35-,36-,37-,38+,39+,40+,41+,42-,43-,44-,45?,46-,47+,48+,49+,52+,53-,54+/m1/s1. The highest BCUT2D eigenvalue weighted by Gasteiger charge is 2.70. The minimum Gasteiger partial charge on any atom is -0.394 e. The quantitative estimate of drug-likeness (QED) is 0.0687. The molecule has 0 radical (unpaired) electrons. The molecule has 16 N–H and O–H groups in total. The van der Waals surface area contributed by atoms with Crippen LogP contribution >= 0.6 is 0 Å². The van der Waals surface area contributed by atoms with Gasteiger partial charge >= 0.3 is 0 Å². The van der Waals surface area contributed by atoms with Crippen LogP contribution in [0.25, 0.3) is 0 Å². The number of ether oxygens (including phenoxy) is 7. The summed E-state index contributed by atoms with van der Waals surface area (Å²) in [4.78, 5) is 0. The summed E-state index contributed by atoms with van der Waals surface area (Å²) in [7, 11) is 0. The summed E-state index contributed by atoms with van der Waals surface area (Å²) < 4.78 is 42.2. The molecule has 446 valence electrons. The number of hydrogen-bond acceptors (Lipinski definition) is 23. The molecular formula is C54H92O23. The van der Waals surface area contributed by atoms with Crippen molar-refractivity contribution in [3.63, 3.8) is 0 Å². The lowest BCUT2D eigenvalue weighted by Gasteiger charge is -2.67. The maximum absolute atomic E-state index is 12.7. The average Bonchev–Trinajstić information content (AvgIpc) is 3.65. The smallest absolute Gasteiger partial charge is 0.187 e. The van der Waals surface area contributed by atoms with E-state index in [4.69, 9.17) is 33.2 Å². The predicted molar refractivity (Wildman–Crippen MR) is 266 cm³/mol. The summed E-state index contributed by atoms with van der Waals surface area (Å²) in [6, 6.07) is 0. The number of fused-ring (bicyclic) bond motifs is 5. The van der Waals surface area contributed by atoms with Gasteiger partial charge in [-0.05, 0) is 99.7 Å². The summed E-state index contributed by atoms with van der Waals surface area (Å²) in [6.07, 6.45) is -25.1. The van der Waals surface area contributed by atoms with E-state index in [1.54, 1.807) is 13.8 Å². The van der Waals surface area contributed by atoms with Crippen LogP contribution < -0.4 is 0 Å². The summed E-state index contributed by atoms with van der Waals surface area (Å²) in [5.41, 5.74) is -2.10. The molecule has 30 atom stereocenters. The molecule has 77 heavy (non-hydrogen) atoms. The summed E-state index contributed by atoms with van der Waals surface area (Å²) in [6.45, 7) is 13.5. The molecule has 0 aromatic carbocycles. The lowest BCUT2D eigenvalue weighted by atomic mass is 9.38. The molecule has 23 heteroatoms. The molecule has 0 spiro atoms. The highest BCUT2D eigenvalue weighted by atomic mass is 16.8. The fraction of sp³-hybridized carbons (Fsp3) is 0.963. The first-order chi connectivity index (χ1) is 36.0. The van der Waals surface area contributed by atoms with Gasteiger partial charge in [0.1, 0.15) is 79.4 Å². The number of aliphatic hydroxyl groups excluding tert-OH is 15. The zero-order chi connectivity index (χ0) is 56.8. The van der Waals surface area contributed by atoms with Crippen LogP contribution in [-0.2, 0) is 33.2 Å². The van der Waals surface area contributed by atoms with Gasteiger partial charge in [-0.15, -0.1) is 0 Å². The van der Waals surface area contributed by atoms with E-state index in [2.05, 4.69) is 47.6 Å². The van der Waals surface area contributed by atoms with Gasteiger partial charge in [-0.2, -0.15) is 0 Å². The van der Waals surface area contributed by atoms with Crippen molar-refractivity contribution >= 4 is 0 Å². The van der Waals surface area contributed by atoms with E-state index in [0.717, 1.165) is 18.4 Å². The number of rotatable bonds is 16. The van der Waals surface area contributed by atoms with Crippen LogP contribution in [0.3, 0.4) is 0 Å². The van der Waals surface area contributed by atoms with Crippen LogP contribution in [-0.4, -0.2) is 249 Å². The summed E-state index contributed by atoms with van der Waals surface area (Å²) in [5, 5.41) is 173. The lowest BCUT2D eigenvalue weighted by molar-refractivity contribution is -0.375. The molecule has 0 bridgehead atoms. The largest absolute Gasteiger partial charge is 0.394 e. The van der Waals surface area contributed by atoms with E-state index in [-0.39, 0.29) is 40.9 Å². The van der Waals surface area contributed by atoms with Crippen LogP contribution in [0.1, 0.15) is 107 Å². The minimum absolute atomic E-state index is 0.0298. The number of aliphatic hydroxyl groups is 16. The van der Waals surface area contributed by atoms with Crippen molar-refractivity contribution < 1.29 is 115 Å². The van der Waals surface area contributed by atoms with Crippen LogP contribution in [0.4, 0.5) is 0 Å². The Morgan fingerprint density at radius 1 is 0.597 bits per heavy atom. The molecule has 0 aromatic rings. The van der Waals surface area contributed by atoms with Crippen LogP contribution in [0.2, 0.25) is 0 Å². The average molecular weight is 1110 g/mol. The predicted octanol–water partition coefficient (Wildman–Crippen LogP) is -2.96. The molecule has 4 heterocycles. The van der Waals surface area contributed by atoms with Gasteiger partial charge in [0.15, 0.2) is 18.9 Å². The van der Waals surface area contributed by atoms with Crippen molar-refractivity contribution in [2.75, 3.05) is 26.4 Å². The zero-order valence-electron chi connectivity index (χ0n) is 45.7. The van der Waals surface area contributed by atoms with E-state index in [9.17, 15) is 81.7 Å². The molecule has 4 aliphatic carbocycles. The Morgan fingerprint density at radius 2 is 1.13 bits per heavy atom. The van der Waals surface area contributed by atoms with Crippen molar-refractivity contribution in [3.05, 3.63) is 11.6 Å². The number of hydrogen-bond donors (Lipinski definition) is 16. The lowest BCUT2D eigenvalue weighted by Crippen LogP contribution is -2.68. The summed E-state index contributed by atoms with van der Waals surface area (Å²) >= 11 is 0. The van der Waals surface area contributed by atoms with Crippen molar-refractivity contribution in [1.29, 1.82) is 0 Å². The molecular weight excluding hydrogens is 1020 g/mol. The molecule has 7 fully saturated rings. The van der Waals surface area contributed by atoms with Crippen molar-refractivity contribution in [2.45, 2.75) is 247 Å². The van der Waals surface area contributed by atoms with Crippen molar-refractivity contribution in [1.82, 2.24) is 0 Å². The summed E-state index contributed by atoms with van der Waals surface area (Å²) in [5.74, 6) is -1.03. The highest BCUT2D eigenvalue weighted by molar-refractivity contribution is 5.32. The molecule has 3 saturated carbocycles. The first kappa shape index (κ1) is 61.9. The zero-order valence-corrected chi connectivity index (χ0v) is 45.7. The Kier molecular flexibility index (Phi) is 18.6. The third-order valence-electron chi connectivity index (χ3n) is 21.1. The van der Waals surface area contributed by atoms with Gasteiger partial charge < -0.3 is 115 Å². The molecule has 0 amide bonds. The molecule has 23 nitrogen and oxygen atoms in total. The Morgan fingerprint density at radius 3 is 1.73 bits per heavy atom. The number of allylic oxidation sites excluding steroid dienone is 1. The molecule has 0 aromatic heterocycles. The minimum atomic E-state index is -1.85. The van der Waals surface area contributed by atoms with E-state index in [0.29, 0.717) is 32.1 Å². The van der Waals surface area contributed by atoms with E-state index in [1.807, 2.05) is 0 Å². The maximum atomic E-state index is 12.7. The normalized spacial score (nSPS) is 51.9. The van der Waals surface area contributed by atoms with Gasteiger partial charge in [-0.1, -0.05) is 53.2 Å². The van der Waals surface area contributed by atoms with Crippen molar-refractivity contribution in [3.8, 4) is 0 Å².